The van der Waals surface area contributed by atoms with Gasteiger partial charge in [-0.25, -0.2) is 8.42 Å². The minimum absolute atomic E-state index is 0.0184. The maximum Gasteiger partial charge on any atom is 0.242 e. The van der Waals surface area contributed by atoms with Gasteiger partial charge in [0.25, 0.3) is 0 Å². The van der Waals surface area contributed by atoms with Gasteiger partial charge in [0.05, 0.1) is 17.5 Å². The summed E-state index contributed by atoms with van der Waals surface area (Å²) in [6, 6.07) is 8.74. The summed E-state index contributed by atoms with van der Waals surface area (Å²) in [5.41, 5.74) is 0.699. The van der Waals surface area contributed by atoms with E-state index in [2.05, 4.69) is 0 Å². The Hall–Kier alpha value is -1.07. The number of hydrogen-bond acceptors (Lipinski definition) is 3. The number of benzene rings is 1. The fourth-order valence-corrected chi connectivity index (χ4v) is 4.02. The van der Waals surface area contributed by atoms with Crippen molar-refractivity contribution in [2.45, 2.75) is 12.5 Å². The van der Waals surface area contributed by atoms with E-state index in [-0.39, 0.29) is 29.3 Å². The van der Waals surface area contributed by atoms with E-state index in [9.17, 15) is 13.2 Å². The number of halogens is 1. The number of para-hydroxylation sites is 1. The molecule has 1 aromatic rings. The van der Waals surface area contributed by atoms with Gasteiger partial charge < -0.3 is 4.90 Å². The van der Waals surface area contributed by atoms with E-state index in [0.29, 0.717) is 12.1 Å². The zero-order valence-corrected chi connectivity index (χ0v) is 11.3. The smallest absolute Gasteiger partial charge is 0.242 e. The van der Waals surface area contributed by atoms with Crippen LogP contribution in [-0.4, -0.2) is 37.8 Å². The van der Waals surface area contributed by atoms with Crippen LogP contribution in [0.2, 0.25) is 0 Å². The highest BCUT2D eigenvalue weighted by Gasteiger charge is 2.35. The predicted octanol–water partition coefficient (Wildman–Crippen LogP) is 1.45. The van der Waals surface area contributed by atoms with Crippen LogP contribution in [0.4, 0.5) is 5.69 Å². The van der Waals surface area contributed by atoms with Gasteiger partial charge in [-0.3, -0.25) is 4.79 Å². The Morgan fingerprint density at radius 3 is 2.50 bits per heavy atom. The zero-order valence-electron chi connectivity index (χ0n) is 9.75. The van der Waals surface area contributed by atoms with Crippen LogP contribution in [0.5, 0.6) is 0 Å². The SMILES string of the molecule is O=C(CCl)N(c1ccccc1)[C@H]1CCS(=O)(=O)C1. The molecule has 0 bridgehead atoms. The molecular weight excluding hydrogens is 274 g/mol. The molecule has 1 aromatic carbocycles. The van der Waals surface area contributed by atoms with Crippen LogP contribution in [0.25, 0.3) is 0 Å². The molecule has 0 spiro atoms. The first-order valence-corrected chi connectivity index (χ1v) is 8.02. The molecule has 1 saturated heterocycles. The van der Waals surface area contributed by atoms with Crippen LogP contribution in [-0.2, 0) is 14.6 Å². The number of sulfone groups is 1. The van der Waals surface area contributed by atoms with Crippen molar-refractivity contribution in [3.63, 3.8) is 0 Å². The maximum absolute atomic E-state index is 11.9. The lowest BCUT2D eigenvalue weighted by Gasteiger charge is -2.27. The molecule has 6 heteroatoms. The molecule has 1 heterocycles. The molecule has 18 heavy (non-hydrogen) atoms. The minimum Gasteiger partial charge on any atom is -0.307 e. The number of nitrogens with zero attached hydrogens (tertiary/aromatic N) is 1. The Bertz CT molecular complexity index is 530. The molecule has 0 unspecified atom stereocenters. The molecule has 0 aliphatic carbocycles. The number of anilines is 1. The van der Waals surface area contributed by atoms with Crippen LogP contribution in [0, 0.1) is 0 Å². The highest BCUT2D eigenvalue weighted by atomic mass is 35.5. The fraction of sp³-hybridized carbons (Fsp3) is 0.417. The summed E-state index contributed by atoms with van der Waals surface area (Å²) in [5.74, 6) is -0.253. The first-order chi connectivity index (χ1) is 8.53. The molecule has 98 valence electrons. The van der Waals surface area contributed by atoms with Gasteiger partial charge in [-0.2, -0.15) is 0 Å². The van der Waals surface area contributed by atoms with Crippen molar-refractivity contribution in [2.75, 3.05) is 22.3 Å². The van der Waals surface area contributed by atoms with Crippen molar-refractivity contribution in [3.05, 3.63) is 30.3 Å². The average Bonchev–Trinajstić information content (AvgIpc) is 2.71. The van der Waals surface area contributed by atoms with E-state index in [0.717, 1.165) is 0 Å². The van der Waals surface area contributed by atoms with E-state index < -0.39 is 9.84 Å². The van der Waals surface area contributed by atoms with Gasteiger partial charge in [0.1, 0.15) is 5.88 Å². The molecular formula is C12H14ClNO3S. The first-order valence-electron chi connectivity index (χ1n) is 5.67. The van der Waals surface area contributed by atoms with Crippen LogP contribution in [0.15, 0.2) is 30.3 Å². The highest BCUT2D eigenvalue weighted by Crippen LogP contribution is 2.24. The Labute approximate surface area is 111 Å². The average molecular weight is 288 g/mol. The van der Waals surface area contributed by atoms with E-state index in [1.165, 1.54) is 4.90 Å². The number of hydrogen-bond donors (Lipinski definition) is 0. The Morgan fingerprint density at radius 1 is 1.33 bits per heavy atom. The van der Waals surface area contributed by atoms with Gasteiger partial charge in [0.15, 0.2) is 9.84 Å². The van der Waals surface area contributed by atoms with Crippen LogP contribution in [0.3, 0.4) is 0 Å². The molecule has 1 amide bonds. The monoisotopic (exact) mass is 287 g/mol. The van der Waals surface area contributed by atoms with Gasteiger partial charge in [-0.1, -0.05) is 18.2 Å². The van der Waals surface area contributed by atoms with Crippen LogP contribution < -0.4 is 4.90 Å². The summed E-state index contributed by atoms with van der Waals surface area (Å²) in [4.78, 5) is 13.4. The third kappa shape index (κ3) is 2.84. The van der Waals surface area contributed by atoms with Gasteiger partial charge >= 0.3 is 0 Å². The second-order valence-corrected chi connectivity index (χ2v) is 6.79. The topological polar surface area (TPSA) is 54.5 Å². The second-order valence-electron chi connectivity index (χ2n) is 4.29. The summed E-state index contributed by atoms with van der Waals surface area (Å²) < 4.78 is 23.0. The number of alkyl halides is 1. The lowest BCUT2D eigenvalue weighted by atomic mass is 10.2. The number of rotatable bonds is 3. The Balaban J connectivity index is 2.30. The van der Waals surface area contributed by atoms with Crippen molar-refractivity contribution in [1.82, 2.24) is 0 Å². The van der Waals surface area contributed by atoms with Crippen molar-refractivity contribution >= 4 is 33.0 Å². The molecule has 1 aliphatic rings. The molecule has 1 fully saturated rings. The van der Waals surface area contributed by atoms with Crippen LogP contribution in [0.1, 0.15) is 6.42 Å². The molecule has 0 radical (unpaired) electrons. The van der Waals surface area contributed by atoms with Crippen LogP contribution >= 0.6 is 11.6 Å². The van der Waals surface area contributed by atoms with Gasteiger partial charge in [-0.05, 0) is 18.6 Å². The quantitative estimate of drug-likeness (QED) is 0.791. The van der Waals surface area contributed by atoms with Gasteiger partial charge in [0, 0.05) is 5.69 Å². The molecule has 0 saturated carbocycles. The normalized spacial score (nSPS) is 21.7. The van der Waals surface area contributed by atoms with Crippen molar-refractivity contribution < 1.29 is 13.2 Å². The number of carbonyl (C=O) groups is 1. The summed E-state index contributed by atoms with van der Waals surface area (Å²) in [6.07, 6.45) is 0.472. The number of amides is 1. The third-order valence-corrected chi connectivity index (χ3v) is 4.97. The molecule has 4 nitrogen and oxygen atoms in total. The summed E-state index contributed by atoms with van der Waals surface area (Å²) >= 11 is 5.61. The minimum atomic E-state index is -3.03. The van der Waals surface area contributed by atoms with Crippen molar-refractivity contribution in [2.24, 2.45) is 0 Å². The summed E-state index contributed by atoms with van der Waals surface area (Å²) in [5, 5.41) is 0. The van der Waals surface area contributed by atoms with E-state index >= 15 is 0 Å². The fourth-order valence-electron chi connectivity index (χ4n) is 2.19. The Morgan fingerprint density at radius 2 is 2.00 bits per heavy atom. The summed E-state index contributed by atoms with van der Waals surface area (Å²) in [6.45, 7) is 0. The summed E-state index contributed by atoms with van der Waals surface area (Å²) in [7, 11) is -3.03. The van der Waals surface area contributed by atoms with Crippen molar-refractivity contribution in [3.8, 4) is 0 Å². The predicted molar refractivity (Wildman–Crippen MR) is 71.7 cm³/mol. The maximum atomic E-state index is 11.9. The standard InChI is InChI=1S/C12H14ClNO3S/c13-8-12(15)14(10-4-2-1-3-5-10)11-6-7-18(16,17)9-11/h1-5,11H,6-9H2/t11-/m0/s1. The molecule has 1 aliphatic heterocycles. The molecule has 1 atom stereocenters. The third-order valence-electron chi connectivity index (χ3n) is 2.99. The van der Waals surface area contributed by atoms with Crippen molar-refractivity contribution in [1.29, 1.82) is 0 Å². The van der Waals surface area contributed by atoms with E-state index in [4.69, 9.17) is 11.6 Å². The lowest BCUT2D eigenvalue weighted by molar-refractivity contribution is -0.116. The van der Waals surface area contributed by atoms with Gasteiger partial charge in [0.2, 0.25) is 5.91 Å². The molecule has 2 rings (SSSR count). The molecule has 0 N–H and O–H groups in total. The highest BCUT2D eigenvalue weighted by molar-refractivity contribution is 7.91. The zero-order chi connectivity index (χ0) is 13.2. The van der Waals surface area contributed by atoms with E-state index in [1.807, 2.05) is 18.2 Å². The van der Waals surface area contributed by atoms with E-state index in [1.54, 1.807) is 12.1 Å². The molecule has 0 aromatic heterocycles. The van der Waals surface area contributed by atoms with Gasteiger partial charge in [-0.15, -0.1) is 11.6 Å². The second kappa shape index (κ2) is 5.28. The first kappa shape index (κ1) is 13.4. The lowest BCUT2D eigenvalue weighted by Crippen LogP contribution is -2.42. The Kier molecular flexibility index (Phi) is 3.92. The largest absolute Gasteiger partial charge is 0.307 e. The number of carbonyl (C=O) groups excluding carboxylic acids is 1.